The van der Waals surface area contributed by atoms with Gasteiger partial charge in [-0.25, -0.2) is 5.10 Å². The fourth-order valence-corrected chi connectivity index (χ4v) is 2.61. The molecule has 3 nitrogen and oxygen atoms in total. The smallest absolute Gasteiger partial charge is 0.264 e. The van der Waals surface area contributed by atoms with Gasteiger partial charge in [-0.1, -0.05) is 30.3 Å². The van der Waals surface area contributed by atoms with Crippen molar-refractivity contribution >= 4 is 11.3 Å². The SMILES string of the molecule is O=c1ccc(-c2ccccc2-c2cccs2)n[nH]1. The molecule has 0 bridgehead atoms. The average Bonchev–Trinajstić information content (AvgIpc) is 2.93. The fourth-order valence-electron chi connectivity index (χ4n) is 1.85. The molecule has 2 aromatic heterocycles. The van der Waals surface area contributed by atoms with Crippen molar-refractivity contribution in [1.29, 1.82) is 0 Å². The molecule has 0 amide bonds. The summed E-state index contributed by atoms with van der Waals surface area (Å²) < 4.78 is 0. The van der Waals surface area contributed by atoms with Gasteiger partial charge in [0, 0.05) is 22.1 Å². The summed E-state index contributed by atoms with van der Waals surface area (Å²) in [6, 6.07) is 15.4. The van der Waals surface area contributed by atoms with Crippen LogP contribution in [0.25, 0.3) is 21.7 Å². The Morgan fingerprint density at radius 2 is 1.78 bits per heavy atom. The normalized spacial score (nSPS) is 10.4. The maximum atomic E-state index is 11.1. The molecule has 0 spiro atoms. The predicted molar refractivity (Wildman–Crippen MR) is 73.6 cm³/mol. The molecule has 0 aliphatic rings. The molecule has 0 fully saturated rings. The van der Waals surface area contributed by atoms with E-state index in [0.717, 1.165) is 16.8 Å². The number of aromatic amines is 1. The third-order valence-corrected chi connectivity index (χ3v) is 3.57. The van der Waals surface area contributed by atoms with Gasteiger partial charge in [0.25, 0.3) is 5.56 Å². The lowest BCUT2D eigenvalue weighted by Gasteiger charge is -2.06. The van der Waals surface area contributed by atoms with Gasteiger partial charge in [-0.2, -0.15) is 5.10 Å². The number of thiophene rings is 1. The van der Waals surface area contributed by atoms with Crippen LogP contribution in [0.15, 0.2) is 58.7 Å². The number of aromatic nitrogens is 2. The second-order valence-corrected chi connectivity index (χ2v) is 4.78. The largest absolute Gasteiger partial charge is 0.268 e. The Morgan fingerprint density at radius 1 is 0.944 bits per heavy atom. The van der Waals surface area contributed by atoms with Crippen LogP contribution < -0.4 is 5.56 Å². The van der Waals surface area contributed by atoms with Crippen molar-refractivity contribution in [3.05, 3.63) is 64.3 Å². The van der Waals surface area contributed by atoms with Gasteiger partial charge in [-0.3, -0.25) is 4.79 Å². The van der Waals surface area contributed by atoms with Gasteiger partial charge in [-0.15, -0.1) is 11.3 Å². The summed E-state index contributed by atoms with van der Waals surface area (Å²) in [5, 5.41) is 8.60. The summed E-state index contributed by atoms with van der Waals surface area (Å²) in [5.74, 6) is 0. The zero-order chi connectivity index (χ0) is 12.4. The number of nitrogens with zero attached hydrogens (tertiary/aromatic N) is 1. The molecule has 3 aromatic rings. The van der Waals surface area contributed by atoms with Gasteiger partial charge in [0.2, 0.25) is 0 Å². The zero-order valence-electron chi connectivity index (χ0n) is 9.46. The Morgan fingerprint density at radius 3 is 2.44 bits per heavy atom. The minimum Gasteiger partial charge on any atom is -0.268 e. The molecule has 1 aromatic carbocycles. The highest BCUT2D eigenvalue weighted by atomic mass is 32.1. The maximum Gasteiger partial charge on any atom is 0.264 e. The van der Waals surface area contributed by atoms with Crippen molar-refractivity contribution in [3.8, 4) is 21.7 Å². The molecule has 18 heavy (non-hydrogen) atoms. The first-order valence-electron chi connectivity index (χ1n) is 5.53. The molecule has 0 saturated carbocycles. The van der Waals surface area contributed by atoms with E-state index in [9.17, 15) is 4.79 Å². The highest BCUT2D eigenvalue weighted by Gasteiger charge is 2.08. The Labute approximate surface area is 108 Å². The number of benzene rings is 1. The third-order valence-electron chi connectivity index (χ3n) is 2.67. The van der Waals surface area contributed by atoms with Gasteiger partial charge >= 0.3 is 0 Å². The van der Waals surface area contributed by atoms with Gasteiger partial charge in [0.15, 0.2) is 0 Å². The van der Waals surface area contributed by atoms with Gasteiger partial charge in [0.1, 0.15) is 0 Å². The molecular formula is C14H10N2OS. The van der Waals surface area contributed by atoms with E-state index >= 15 is 0 Å². The summed E-state index contributed by atoms with van der Waals surface area (Å²) in [6.45, 7) is 0. The first kappa shape index (κ1) is 10.9. The second kappa shape index (κ2) is 4.58. The lowest BCUT2D eigenvalue weighted by atomic mass is 10.0. The van der Waals surface area contributed by atoms with E-state index in [1.54, 1.807) is 17.4 Å². The van der Waals surface area contributed by atoms with E-state index in [4.69, 9.17) is 0 Å². The van der Waals surface area contributed by atoms with Crippen molar-refractivity contribution in [2.24, 2.45) is 0 Å². The van der Waals surface area contributed by atoms with Crippen LogP contribution in [-0.2, 0) is 0 Å². The van der Waals surface area contributed by atoms with Crippen LogP contribution in [0.3, 0.4) is 0 Å². The van der Waals surface area contributed by atoms with Crippen molar-refractivity contribution in [2.75, 3.05) is 0 Å². The molecule has 0 aliphatic heterocycles. The Bertz CT molecular complexity index is 696. The van der Waals surface area contributed by atoms with Gasteiger partial charge in [0.05, 0.1) is 5.69 Å². The monoisotopic (exact) mass is 254 g/mol. The number of hydrogen-bond acceptors (Lipinski definition) is 3. The molecular weight excluding hydrogens is 244 g/mol. The standard InChI is InChI=1S/C14H10N2OS/c17-14-8-7-12(15-16-14)10-4-1-2-5-11(10)13-6-3-9-18-13/h1-9H,(H,16,17). The molecule has 0 aliphatic carbocycles. The van der Waals surface area contributed by atoms with E-state index < -0.39 is 0 Å². The Balaban J connectivity index is 2.18. The molecule has 4 heteroatoms. The average molecular weight is 254 g/mol. The Hall–Kier alpha value is -2.20. The van der Waals surface area contributed by atoms with Crippen LogP contribution in [0.1, 0.15) is 0 Å². The predicted octanol–water partition coefficient (Wildman–Crippen LogP) is 3.17. The number of H-pyrrole nitrogens is 1. The molecule has 2 heterocycles. The van der Waals surface area contributed by atoms with E-state index in [0.29, 0.717) is 0 Å². The van der Waals surface area contributed by atoms with Crippen molar-refractivity contribution in [1.82, 2.24) is 10.2 Å². The summed E-state index contributed by atoms with van der Waals surface area (Å²) in [7, 11) is 0. The molecule has 88 valence electrons. The van der Waals surface area contributed by atoms with Crippen molar-refractivity contribution in [3.63, 3.8) is 0 Å². The summed E-state index contributed by atoms with van der Waals surface area (Å²) in [6.07, 6.45) is 0. The highest BCUT2D eigenvalue weighted by molar-refractivity contribution is 7.13. The van der Waals surface area contributed by atoms with E-state index in [1.807, 2.05) is 29.6 Å². The topological polar surface area (TPSA) is 45.8 Å². The number of hydrogen-bond donors (Lipinski definition) is 1. The van der Waals surface area contributed by atoms with Crippen LogP contribution in [-0.4, -0.2) is 10.2 Å². The maximum absolute atomic E-state index is 11.1. The van der Waals surface area contributed by atoms with Crippen molar-refractivity contribution < 1.29 is 0 Å². The molecule has 0 saturated heterocycles. The zero-order valence-corrected chi connectivity index (χ0v) is 10.3. The quantitative estimate of drug-likeness (QED) is 0.763. The first-order chi connectivity index (χ1) is 8.84. The Kier molecular flexibility index (Phi) is 2.78. The van der Waals surface area contributed by atoms with E-state index in [-0.39, 0.29) is 5.56 Å². The lowest BCUT2D eigenvalue weighted by Crippen LogP contribution is -2.05. The summed E-state index contributed by atoms with van der Waals surface area (Å²) in [4.78, 5) is 12.2. The molecule has 1 N–H and O–H groups in total. The molecule has 0 unspecified atom stereocenters. The lowest BCUT2D eigenvalue weighted by molar-refractivity contribution is 0.996. The van der Waals surface area contributed by atoms with E-state index in [2.05, 4.69) is 22.3 Å². The third kappa shape index (κ3) is 1.98. The minimum absolute atomic E-state index is 0.188. The number of nitrogens with one attached hydrogen (secondary N) is 1. The summed E-state index contributed by atoms with van der Waals surface area (Å²) in [5.41, 5.74) is 2.74. The summed E-state index contributed by atoms with van der Waals surface area (Å²) >= 11 is 1.69. The van der Waals surface area contributed by atoms with Crippen LogP contribution >= 0.6 is 11.3 Å². The molecule has 0 atom stereocenters. The van der Waals surface area contributed by atoms with Gasteiger partial charge in [-0.05, 0) is 17.5 Å². The van der Waals surface area contributed by atoms with Crippen LogP contribution in [0.5, 0.6) is 0 Å². The van der Waals surface area contributed by atoms with Crippen LogP contribution in [0, 0.1) is 0 Å². The highest BCUT2D eigenvalue weighted by Crippen LogP contribution is 2.32. The van der Waals surface area contributed by atoms with Gasteiger partial charge < -0.3 is 0 Å². The molecule has 3 rings (SSSR count). The second-order valence-electron chi connectivity index (χ2n) is 3.83. The van der Waals surface area contributed by atoms with Crippen LogP contribution in [0.4, 0.5) is 0 Å². The first-order valence-corrected chi connectivity index (χ1v) is 6.41. The fraction of sp³-hybridized carbons (Fsp3) is 0. The number of rotatable bonds is 2. The van der Waals surface area contributed by atoms with Crippen molar-refractivity contribution in [2.45, 2.75) is 0 Å². The van der Waals surface area contributed by atoms with E-state index in [1.165, 1.54) is 10.9 Å². The molecule has 0 radical (unpaired) electrons. The minimum atomic E-state index is -0.188. The van der Waals surface area contributed by atoms with Crippen LogP contribution in [0.2, 0.25) is 0 Å².